The van der Waals surface area contributed by atoms with Crippen molar-refractivity contribution in [2.75, 3.05) is 0 Å². The molecule has 0 radical (unpaired) electrons. The molecule has 1 rings (SSSR count). The average Bonchev–Trinajstić information content (AvgIpc) is 2.09. The van der Waals surface area contributed by atoms with Crippen LogP contribution in [-0.4, -0.2) is 0 Å². The van der Waals surface area contributed by atoms with Crippen LogP contribution in [0.4, 0.5) is 0 Å². The van der Waals surface area contributed by atoms with E-state index >= 15 is 0 Å². The Balaban J connectivity index is 0. The Kier molecular flexibility index (Phi) is 11.0. The minimum Gasteiger partial charge on any atom is -0.358 e. The molecule has 0 bridgehead atoms. The van der Waals surface area contributed by atoms with Gasteiger partial charge in [0, 0.05) is 0 Å². The van der Waals surface area contributed by atoms with E-state index in [9.17, 15) is 0 Å². The molecule has 1 heteroatoms. The Morgan fingerprint density at radius 2 is 1.93 bits per heavy atom. The SMILES string of the molecule is [CH2-]c1ccccc1/C=C/CCC.[CH3-].[U+2]. The first-order valence-corrected chi connectivity index (χ1v) is 4.42. The van der Waals surface area contributed by atoms with Crippen molar-refractivity contribution < 1.29 is 31.1 Å². The third-order valence-corrected chi connectivity index (χ3v) is 1.81. The summed E-state index contributed by atoms with van der Waals surface area (Å²) >= 11 is 0. The molecule has 1 aromatic carbocycles. The molecule has 0 aliphatic heterocycles. The van der Waals surface area contributed by atoms with E-state index in [0.717, 1.165) is 12.0 Å². The van der Waals surface area contributed by atoms with Crippen molar-refractivity contribution in [3.05, 3.63) is 55.8 Å². The molecule has 0 aromatic heterocycles. The zero-order valence-corrected chi connectivity index (χ0v) is 13.2. The summed E-state index contributed by atoms with van der Waals surface area (Å²) in [7, 11) is 0. The topological polar surface area (TPSA) is 0 Å². The van der Waals surface area contributed by atoms with E-state index in [1.807, 2.05) is 18.2 Å². The summed E-state index contributed by atoms with van der Waals surface area (Å²) in [6.07, 6.45) is 6.69. The minimum absolute atomic E-state index is 0. The molecule has 0 N–H and O–H groups in total. The van der Waals surface area contributed by atoms with Gasteiger partial charge in [-0.2, -0.15) is 18.6 Å². The second-order valence-corrected chi connectivity index (χ2v) is 2.89. The summed E-state index contributed by atoms with van der Waals surface area (Å²) in [5, 5.41) is 0. The number of benzene rings is 1. The largest absolute Gasteiger partial charge is 2.00 e. The summed E-state index contributed by atoms with van der Waals surface area (Å²) in [6, 6.07) is 8.18. The predicted octanol–water partition coefficient (Wildman–Crippen LogP) is 4.13. The molecule has 0 amide bonds. The molecule has 0 heterocycles. The maximum absolute atomic E-state index is 3.95. The quantitative estimate of drug-likeness (QED) is 0.655. The Morgan fingerprint density at radius 1 is 1.29 bits per heavy atom. The van der Waals surface area contributed by atoms with Crippen molar-refractivity contribution in [1.29, 1.82) is 0 Å². The summed E-state index contributed by atoms with van der Waals surface area (Å²) < 4.78 is 0. The normalized spacial score (nSPS) is 9.21. The fourth-order valence-corrected chi connectivity index (χ4v) is 1.07. The molecule has 0 fully saturated rings. The Bertz CT molecular complexity index is 264. The van der Waals surface area contributed by atoms with Gasteiger partial charge in [-0.15, -0.1) is 23.8 Å². The monoisotopic (exact) mass is 412 g/mol. The average molecular weight is 412 g/mol. The van der Waals surface area contributed by atoms with Crippen molar-refractivity contribution in [1.82, 2.24) is 0 Å². The Morgan fingerprint density at radius 3 is 2.50 bits per heavy atom. The second-order valence-electron chi connectivity index (χ2n) is 2.89. The minimum atomic E-state index is 0. The fourth-order valence-electron chi connectivity index (χ4n) is 1.07. The molecule has 0 spiro atoms. The third kappa shape index (κ3) is 5.58. The van der Waals surface area contributed by atoms with E-state index in [0.29, 0.717) is 0 Å². The second kappa shape index (κ2) is 9.44. The van der Waals surface area contributed by atoms with Crippen LogP contribution in [-0.2, 0) is 0 Å². The molecule has 0 aliphatic rings. The first-order valence-electron chi connectivity index (χ1n) is 4.42. The standard InChI is InChI=1S/C12H15.CH3.U/c1-3-4-5-9-12-10-7-6-8-11(12)2;;/h5-10H,2-4H2,1H3;1H3;/q2*-1;+2/b9-5+;;. The van der Waals surface area contributed by atoms with Crippen LogP contribution < -0.4 is 0 Å². The van der Waals surface area contributed by atoms with Gasteiger partial charge in [-0.1, -0.05) is 25.5 Å². The summed E-state index contributed by atoms with van der Waals surface area (Å²) in [5.41, 5.74) is 2.33. The van der Waals surface area contributed by atoms with Crippen LogP contribution in [0.25, 0.3) is 6.08 Å². The van der Waals surface area contributed by atoms with Gasteiger partial charge in [0.1, 0.15) is 0 Å². The van der Waals surface area contributed by atoms with Crippen LogP contribution in [0.15, 0.2) is 30.3 Å². The zero-order chi connectivity index (χ0) is 8.81. The number of allylic oxidation sites excluding steroid dienone is 1. The molecule has 0 saturated heterocycles. The van der Waals surface area contributed by atoms with Gasteiger partial charge < -0.3 is 7.43 Å². The first kappa shape index (κ1) is 16.3. The molecular weight excluding hydrogens is 394 g/mol. The van der Waals surface area contributed by atoms with E-state index < -0.39 is 0 Å². The van der Waals surface area contributed by atoms with Crippen molar-refractivity contribution in [3.63, 3.8) is 0 Å². The van der Waals surface area contributed by atoms with Crippen LogP contribution in [0.1, 0.15) is 30.9 Å². The molecule has 74 valence electrons. The number of hydrogen-bond donors (Lipinski definition) is 0. The van der Waals surface area contributed by atoms with Crippen LogP contribution in [0, 0.1) is 45.5 Å². The van der Waals surface area contributed by atoms with Crippen molar-refractivity contribution in [3.8, 4) is 0 Å². The molecule has 1 aromatic rings. The Labute approximate surface area is 112 Å². The molecule has 0 aliphatic carbocycles. The molecule has 0 unspecified atom stereocenters. The van der Waals surface area contributed by atoms with E-state index in [-0.39, 0.29) is 38.5 Å². The van der Waals surface area contributed by atoms with Gasteiger partial charge in [0.05, 0.1) is 0 Å². The van der Waals surface area contributed by atoms with Crippen LogP contribution >= 0.6 is 0 Å². The maximum atomic E-state index is 3.95. The molecule has 0 saturated carbocycles. The molecular formula is C13H18U. The molecule has 0 nitrogen and oxygen atoms in total. The fraction of sp³-hybridized carbons (Fsp3) is 0.231. The van der Waals surface area contributed by atoms with E-state index in [2.05, 4.69) is 32.1 Å². The first-order chi connectivity index (χ1) is 5.84. The van der Waals surface area contributed by atoms with Gasteiger partial charge in [-0.3, -0.25) is 0 Å². The number of rotatable bonds is 3. The van der Waals surface area contributed by atoms with Gasteiger partial charge >= 0.3 is 31.1 Å². The van der Waals surface area contributed by atoms with Crippen molar-refractivity contribution >= 4 is 6.08 Å². The van der Waals surface area contributed by atoms with E-state index in [1.165, 1.54) is 12.0 Å². The summed E-state index contributed by atoms with van der Waals surface area (Å²) in [4.78, 5) is 0. The zero-order valence-electron chi connectivity index (χ0n) is 9.09. The Hall–Kier alpha value is -0.118. The van der Waals surface area contributed by atoms with Gasteiger partial charge in [0.25, 0.3) is 0 Å². The number of hydrogen-bond acceptors (Lipinski definition) is 0. The van der Waals surface area contributed by atoms with Crippen LogP contribution in [0.5, 0.6) is 0 Å². The van der Waals surface area contributed by atoms with Crippen LogP contribution in [0.3, 0.4) is 0 Å². The smallest absolute Gasteiger partial charge is 0.358 e. The van der Waals surface area contributed by atoms with Gasteiger partial charge in [-0.05, 0) is 6.42 Å². The van der Waals surface area contributed by atoms with Crippen molar-refractivity contribution in [2.24, 2.45) is 0 Å². The maximum Gasteiger partial charge on any atom is 2.00 e. The van der Waals surface area contributed by atoms with Gasteiger partial charge in [-0.25, -0.2) is 0 Å². The predicted molar refractivity (Wildman–Crippen MR) is 61.3 cm³/mol. The summed E-state index contributed by atoms with van der Waals surface area (Å²) in [6.45, 7) is 6.13. The molecule has 0 atom stereocenters. The van der Waals surface area contributed by atoms with Crippen LogP contribution in [0.2, 0.25) is 0 Å². The van der Waals surface area contributed by atoms with Gasteiger partial charge in [0.15, 0.2) is 0 Å². The number of unbranched alkanes of at least 4 members (excludes halogenated alkanes) is 1. The summed E-state index contributed by atoms with van der Waals surface area (Å²) in [5.74, 6) is 0. The van der Waals surface area contributed by atoms with E-state index in [1.54, 1.807) is 0 Å². The van der Waals surface area contributed by atoms with E-state index in [4.69, 9.17) is 0 Å². The van der Waals surface area contributed by atoms with Crippen molar-refractivity contribution in [2.45, 2.75) is 19.8 Å². The molecule has 14 heavy (non-hydrogen) atoms. The van der Waals surface area contributed by atoms with Gasteiger partial charge in [0.2, 0.25) is 0 Å². The third-order valence-electron chi connectivity index (χ3n) is 1.81.